The smallest absolute Gasteiger partial charge is 0.368 e. The molecule has 0 aliphatic heterocycles. The van der Waals surface area contributed by atoms with Crippen LogP contribution in [0.3, 0.4) is 0 Å². The highest BCUT2D eigenvalue weighted by Gasteiger charge is 2.36. The van der Waals surface area contributed by atoms with Crippen molar-refractivity contribution in [1.29, 1.82) is 0 Å². The largest absolute Gasteiger partial charge is 0.433 e. The Hall–Kier alpha value is -2.97. The molecule has 118 valence electrons. The van der Waals surface area contributed by atoms with Crippen molar-refractivity contribution in [3.8, 4) is 11.3 Å². The molecule has 0 saturated heterocycles. The van der Waals surface area contributed by atoms with Crippen LogP contribution in [-0.2, 0) is 12.7 Å². The van der Waals surface area contributed by atoms with Gasteiger partial charge in [-0.05, 0) is 17.7 Å². The maximum atomic E-state index is 13.2. The molecule has 0 fully saturated rings. The summed E-state index contributed by atoms with van der Waals surface area (Å²) in [5.74, 6) is 0.0413. The van der Waals surface area contributed by atoms with E-state index in [0.29, 0.717) is 11.1 Å². The Balaban J connectivity index is 2.02. The van der Waals surface area contributed by atoms with Gasteiger partial charge in [0.25, 0.3) is 0 Å². The number of halogens is 3. The van der Waals surface area contributed by atoms with E-state index in [-0.39, 0.29) is 18.2 Å². The van der Waals surface area contributed by atoms with Gasteiger partial charge < -0.3 is 5.73 Å². The predicted molar refractivity (Wildman–Crippen MR) is 76.0 cm³/mol. The van der Waals surface area contributed by atoms with E-state index in [9.17, 15) is 13.2 Å². The van der Waals surface area contributed by atoms with Gasteiger partial charge in [0, 0.05) is 30.4 Å². The van der Waals surface area contributed by atoms with Crippen LogP contribution in [0.1, 0.15) is 11.3 Å². The zero-order valence-corrected chi connectivity index (χ0v) is 11.7. The summed E-state index contributed by atoms with van der Waals surface area (Å²) in [6.45, 7) is -0.0431. The van der Waals surface area contributed by atoms with Crippen LogP contribution in [0.15, 0.2) is 43.0 Å². The second-order valence-corrected chi connectivity index (χ2v) is 4.76. The fourth-order valence-corrected chi connectivity index (χ4v) is 2.04. The summed E-state index contributed by atoms with van der Waals surface area (Å²) in [7, 11) is 0. The quantitative estimate of drug-likeness (QED) is 0.801. The minimum atomic E-state index is -4.53. The minimum absolute atomic E-state index is 0.0413. The first kappa shape index (κ1) is 14.9. The lowest BCUT2D eigenvalue weighted by molar-refractivity contribution is -0.144. The van der Waals surface area contributed by atoms with Crippen molar-refractivity contribution < 1.29 is 13.2 Å². The van der Waals surface area contributed by atoms with E-state index in [1.54, 1.807) is 18.3 Å². The van der Waals surface area contributed by atoms with Gasteiger partial charge in [-0.1, -0.05) is 6.07 Å². The highest BCUT2D eigenvalue weighted by atomic mass is 19.4. The van der Waals surface area contributed by atoms with Crippen molar-refractivity contribution in [3.05, 3.63) is 54.2 Å². The third-order valence-corrected chi connectivity index (χ3v) is 3.09. The zero-order valence-electron chi connectivity index (χ0n) is 11.7. The number of nitrogen functional groups attached to an aromatic ring is 1. The van der Waals surface area contributed by atoms with Crippen molar-refractivity contribution in [2.24, 2.45) is 0 Å². The highest BCUT2D eigenvalue weighted by Crippen LogP contribution is 2.32. The molecule has 0 radical (unpaired) electrons. The molecule has 3 rings (SSSR count). The third kappa shape index (κ3) is 3.28. The molecule has 0 atom stereocenters. The van der Waals surface area contributed by atoms with Crippen LogP contribution >= 0.6 is 0 Å². The number of alkyl halides is 3. The van der Waals surface area contributed by atoms with Crippen LogP contribution in [0.4, 0.5) is 19.1 Å². The van der Waals surface area contributed by atoms with Crippen molar-refractivity contribution in [1.82, 2.24) is 24.7 Å². The van der Waals surface area contributed by atoms with Crippen molar-refractivity contribution >= 4 is 5.95 Å². The molecule has 9 heteroatoms. The average molecular weight is 320 g/mol. The molecule has 23 heavy (non-hydrogen) atoms. The SMILES string of the molecule is Nc1ncc(-c2cc(C(F)(F)F)n(Cc3cccnc3)n2)cn1. The number of rotatable bonds is 3. The van der Waals surface area contributed by atoms with Gasteiger partial charge in [0.05, 0.1) is 12.2 Å². The second kappa shape index (κ2) is 5.67. The predicted octanol–water partition coefficient (Wildman–Crippen LogP) is 2.38. The number of hydrogen-bond acceptors (Lipinski definition) is 5. The number of nitrogens with zero attached hydrogens (tertiary/aromatic N) is 5. The first-order valence-corrected chi connectivity index (χ1v) is 6.55. The minimum Gasteiger partial charge on any atom is -0.368 e. The molecule has 0 aliphatic rings. The summed E-state index contributed by atoms with van der Waals surface area (Å²) in [5, 5.41) is 4.02. The number of nitrogens with two attached hydrogens (primary N) is 1. The third-order valence-electron chi connectivity index (χ3n) is 3.09. The van der Waals surface area contributed by atoms with Crippen molar-refractivity contribution in [3.63, 3.8) is 0 Å². The van der Waals surface area contributed by atoms with E-state index in [2.05, 4.69) is 20.1 Å². The fraction of sp³-hybridized carbons (Fsp3) is 0.143. The Labute approximate surface area is 128 Å². The number of hydrogen-bond donors (Lipinski definition) is 1. The van der Waals surface area contributed by atoms with Crippen molar-refractivity contribution in [2.75, 3.05) is 5.73 Å². The summed E-state index contributed by atoms with van der Waals surface area (Å²) in [6.07, 6.45) is 1.18. The van der Waals surface area contributed by atoms with E-state index in [1.165, 1.54) is 18.6 Å². The summed E-state index contributed by atoms with van der Waals surface area (Å²) >= 11 is 0. The van der Waals surface area contributed by atoms with Gasteiger partial charge in [0.15, 0.2) is 0 Å². The molecule has 3 aromatic rings. The molecule has 0 aromatic carbocycles. The molecule has 0 bridgehead atoms. The molecule has 0 saturated carbocycles. The number of aromatic nitrogens is 5. The molecular weight excluding hydrogens is 309 g/mol. The zero-order chi connectivity index (χ0) is 16.4. The van der Waals surface area contributed by atoms with Crippen LogP contribution in [-0.4, -0.2) is 24.7 Å². The first-order chi connectivity index (χ1) is 10.9. The maximum absolute atomic E-state index is 13.2. The summed E-state index contributed by atoms with van der Waals surface area (Å²) in [5.41, 5.74) is 5.62. The summed E-state index contributed by atoms with van der Waals surface area (Å²) < 4.78 is 40.5. The molecular formula is C14H11F3N6. The molecule has 2 N–H and O–H groups in total. The lowest BCUT2D eigenvalue weighted by Gasteiger charge is -2.09. The van der Waals surface area contributed by atoms with E-state index in [4.69, 9.17) is 5.73 Å². The lowest BCUT2D eigenvalue weighted by Crippen LogP contribution is -2.15. The first-order valence-electron chi connectivity index (χ1n) is 6.55. The molecule has 3 aromatic heterocycles. The molecule has 0 unspecified atom stereocenters. The summed E-state index contributed by atoms with van der Waals surface area (Å²) in [4.78, 5) is 11.4. The van der Waals surface area contributed by atoms with Crippen LogP contribution in [0.2, 0.25) is 0 Å². The van der Waals surface area contributed by atoms with Crippen molar-refractivity contribution in [2.45, 2.75) is 12.7 Å². The molecule has 6 nitrogen and oxygen atoms in total. The maximum Gasteiger partial charge on any atom is 0.433 e. The molecule has 3 heterocycles. The number of anilines is 1. The Morgan fingerprint density at radius 1 is 1.13 bits per heavy atom. The van der Waals surface area contributed by atoms with Gasteiger partial charge in [-0.25, -0.2) is 9.97 Å². The monoisotopic (exact) mass is 320 g/mol. The lowest BCUT2D eigenvalue weighted by atomic mass is 10.2. The van der Waals surface area contributed by atoms with E-state index >= 15 is 0 Å². The molecule has 0 aliphatic carbocycles. The van der Waals surface area contributed by atoms with Crippen LogP contribution in [0.5, 0.6) is 0 Å². The summed E-state index contributed by atoms with van der Waals surface area (Å²) in [6, 6.07) is 4.30. The van der Waals surface area contributed by atoms with Gasteiger partial charge >= 0.3 is 6.18 Å². The standard InChI is InChI=1S/C14H11F3N6/c15-14(16,17)12-4-11(10-6-20-13(18)21-7-10)22-23(12)8-9-2-1-3-19-5-9/h1-7H,8H2,(H2,18,20,21). The van der Waals surface area contributed by atoms with E-state index in [1.807, 2.05) is 0 Å². The Morgan fingerprint density at radius 3 is 2.48 bits per heavy atom. The van der Waals surface area contributed by atoms with E-state index < -0.39 is 11.9 Å². The Morgan fingerprint density at radius 2 is 1.87 bits per heavy atom. The Bertz CT molecular complexity index is 796. The number of pyridine rings is 1. The van der Waals surface area contributed by atoms with Gasteiger partial charge in [-0.3, -0.25) is 9.67 Å². The van der Waals surface area contributed by atoms with Gasteiger partial charge in [0.2, 0.25) is 5.95 Å². The molecule has 0 spiro atoms. The topological polar surface area (TPSA) is 82.5 Å². The van der Waals surface area contributed by atoms with Crippen LogP contribution < -0.4 is 5.73 Å². The fourth-order valence-electron chi connectivity index (χ4n) is 2.04. The van der Waals surface area contributed by atoms with Gasteiger partial charge in [-0.2, -0.15) is 18.3 Å². The highest BCUT2D eigenvalue weighted by molar-refractivity contribution is 5.57. The van der Waals surface area contributed by atoms with Gasteiger partial charge in [-0.15, -0.1) is 0 Å². The van der Waals surface area contributed by atoms with Gasteiger partial charge in [0.1, 0.15) is 5.69 Å². The second-order valence-electron chi connectivity index (χ2n) is 4.76. The van der Waals surface area contributed by atoms with E-state index in [0.717, 1.165) is 10.7 Å². The normalized spacial score (nSPS) is 11.6. The molecule has 0 amide bonds. The van der Waals surface area contributed by atoms with Crippen LogP contribution in [0.25, 0.3) is 11.3 Å². The average Bonchev–Trinajstić information content (AvgIpc) is 2.93. The van der Waals surface area contributed by atoms with Crippen LogP contribution in [0, 0.1) is 0 Å². The Kier molecular flexibility index (Phi) is 3.68.